The van der Waals surface area contributed by atoms with E-state index in [-0.39, 0.29) is 28.6 Å². The molecule has 0 bridgehead atoms. The largest absolute Gasteiger partial charge is 0.481 e. The summed E-state index contributed by atoms with van der Waals surface area (Å²) in [5.74, 6) is -1.26. The number of carbonyl (C=O) groups is 4. The van der Waals surface area contributed by atoms with Crippen LogP contribution in [0.15, 0.2) is 40.1 Å². The summed E-state index contributed by atoms with van der Waals surface area (Å²) in [5.41, 5.74) is 0.0472. The highest BCUT2D eigenvalue weighted by atomic mass is 32.2. The van der Waals surface area contributed by atoms with Crippen molar-refractivity contribution in [3.05, 3.63) is 35.1 Å². The van der Waals surface area contributed by atoms with Crippen molar-refractivity contribution in [2.45, 2.75) is 11.7 Å². The first kappa shape index (κ1) is 13.7. The second-order valence-electron chi connectivity index (χ2n) is 4.84. The van der Waals surface area contributed by atoms with Crippen molar-refractivity contribution in [3.8, 4) is 0 Å². The van der Waals surface area contributed by atoms with Gasteiger partial charge >= 0.3 is 5.97 Å². The topological polar surface area (TPSA) is 101 Å². The van der Waals surface area contributed by atoms with E-state index in [1.807, 2.05) is 0 Å². The van der Waals surface area contributed by atoms with E-state index in [1.54, 1.807) is 0 Å². The summed E-state index contributed by atoms with van der Waals surface area (Å²) < 4.78 is 0. The molecule has 1 spiro atoms. The number of nitrogens with zero attached hydrogens (tertiary/aromatic N) is 1. The van der Waals surface area contributed by atoms with Crippen LogP contribution in [0.5, 0.6) is 0 Å². The maximum Gasteiger partial charge on any atom is 0.309 e. The Morgan fingerprint density at radius 1 is 1.38 bits per heavy atom. The van der Waals surface area contributed by atoms with Crippen molar-refractivity contribution < 1.29 is 24.3 Å². The number of ketones is 1. The summed E-state index contributed by atoms with van der Waals surface area (Å²) in [6.07, 6.45) is 4.99. The molecule has 0 aromatic rings. The minimum absolute atomic E-state index is 0.0709. The van der Waals surface area contributed by atoms with Crippen LogP contribution in [0.1, 0.15) is 6.42 Å². The third-order valence-electron chi connectivity index (χ3n) is 3.66. The SMILES string of the molecule is O=CC1=CC(=O)C2(C=C1C=O)C1=CN=C(CC(=O)O)SC12. The molecule has 0 amide bonds. The fourth-order valence-electron chi connectivity index (χ4n) is 2.57. The molecule has 21 heavy (non-hydrogen) atoms. The van der Waals surface area contributed by atoms with E-state index in [4.69, 9.17) is 5.11 Å². The third-order valence-corrected chi connectivity index (χ3v) is 5.04. The highest BCUT2D eigenvalue weighted by Gasteiger charge is 2.65. The van der Waals surface area contributed by atoms with Crippen LogP contribution in [0.4, 0.5) is 0 Å². The van der Waals surface area contributed by atoms with E-state index >= 15 is 0 Å². The summed E-state index contributed by atoms with van der Waals surface area (Å²) in [6, 6.07) is 0. The van der Waals surface area contributed by atoms with Gasteiger partial charge in [-0.2, -0.15) is 0 Å². The molecule has 0 aromatic carbocycles. The van der Waals surface area contributed by atoms with Crippen LogP contribution in [0.3, 0.4) is 0 Å². The zero-order valence-corrected chi connectivity index (χ0v) is 11.4. The second-order valence-corrected chi connectivity index (χ2v) is 6.02. The van der Waals surface area contributed by atoms with Crippen molar-refractivity contribution in [3.63, 3.8) is 0 Å². The van der Waals surface area contributed by atoms with Gasteiger partial charge in [0.15, 0.2) is 12.1 Å². The van der Waals surface area contributed by atoms with Crippen molar-refractivity contribution in [1.29, 1.82) is 0 Å². The van der Waals surface area contributed by atoms with Gasteiger partial charge in [-0.1, -0.05) is 6.08 Å². The average Bonchev–Trinajstić information content (AvgIpc) is 3.08. The Morgan fingerprint density at radius 3 is 2.71 bits per heavy atom. The van der Waals surface area contributed by atoms with Gasteiger partial charge < -0.3 is 5.11 Å². The quantitative estimate of drug-likeness (QED) is 0.767. The molecular formula is C14H9NO5S. The predicted octanol–water partition coefficient (Wildman–Crippen LogP) is 0.692. The number of carboxylic acid groups (broad SMARTS) is 1. The van der Waals surface area contributed by atoms with Gasteiger partial charge in [-0.05, 0) is 11.6 Å². The van der Waals surface area contributed by atoms with Gasteiger partial charge in [-0.25, -0.2) is 0 Å². The molecule has 0 radical (unpaired) electrons. The van der Waals surface area contributed by atoms with Gasteiger partial charge in [-0.15, -0.1) is 11.8 Å². The molecule has 3 rings (SSSR count). The van der Waals surface area contributed by atoms with Gasteiger partial charge in [0, 0.05) is 17.3 Å². The van der Waals surface area contributed by atoms with Crippen LogP contribution in [0.25, 0.3) is 0 Å². The van der Waals surface area contributed by atoms with Crippen molar-refractivity contribution in [1.82, 2.24) is 0 Å². The molecule has 1 aliphatic heterocycles. The number of thioether (sulfide) groups is 1. The number of allylic oxidation sites excluding steroid dienone is 4. The number of carbonyl (C=O) groups excluding carboxylic acids is 3. The van der Waals surface area contributed by atoms with E-state index in [9.17, 15) is 19.2 Å². The molecule has 6 nitrogen and oxygen atoms in total. The number of hydrogen-bond acceptors (Lipinski definition) is 6. The van der Waals surface area contributed by atoms with Crippen LogP contribution in [-0.4, -0.2) is 39.7 Å². The monoisotopic (exact) mass is 303 g/mol. The van der Waals surface area contributed by atoms with E-state index in [1.165, 1.54) is 30.1 Å². The first-order valence-corrected chi connectivity index (χ1v) is 6.96. The normalized spacial score (nSPS) is 29.7. The molecular weight excluding hydrogens is 294 g/mol. The van der Waals surface area contributed by atoms with Crippen LogP contribution in [-0.2, 0) is 19.2 Å². The van der Waals surface area contributed by atoms with Gasteiger partial charge in [0.1, 0.15) is 6.29 Å². The smallest absolute Gasteiger partial charge is 0.309 e. The van der Waals surface area contributed by atoms with Gasteiger partial charge in [0.05, 0.1) is 22.1 Å². The van der Waals surface area contributed by atoms with Crippen molar-refractivity contribution >= 4 is 41.1 Å². The minimum Gasteiger partial charge on any atom is -0.481 e. The minimum atomic E-state index is -0.991. The highest BCUT2D eigenvalue weighted by Crippen LogP contribution is 2.64. The number of hydrogen-bond donors (Lipinski definition) is 1. The lowest BCUT2D eigenvalue weighted by Gasteiger charge is -2.15. The fraction of sp³-hybridized carbons (Fsp3) is 0.214. The molecule has 2 unspecified atom stereocenters. The van der Waals surface area contributed by atoms with Gasteiger partial charge in [-0.3, -0.25) is 24.2 Å². The lowest BCUT2D eigenvalue weighted by atomic mass is 9.87. The molecule has 7 heteroatoms. The number of aliphatic carboxylic acids is 1. The fourth-order valence-corrected chi connectivity index (χ4v) is 3.99. The molecule has 2 aliphatic carbocycles. The lowest BCUT2D eigenvalue weighted by Crippen LogP contribution is -2.21. The molecule has 3 aliphatic rings. The standard InChI is InChI=1S/C14H9NO5S/c16-5-7-1-10(18)14(3-8(7)6-17)9-4-15-11(2-12(19)20)21-13(9)14/h1,3-6,13H,2H2,(H,19,20). The summed E-state index contributed by atoms with van der Waals surface area (Å²) in [4.78, 5) is 49.0. The molecule has 1 N–H and O–H groups in total. The Balaban J connectivity index is 1.91. The molecule has 1 saturated carbocycles. The third kappa shape index (κ3) is 1.92. The van der Waals surface area contributed by atoms with Crippen molar-refractivity contribution in [2.24, 2.45) is 10.4 Å². The molecule has 2 atom stereocenters. The average molecular weight is 303 g/mol. The van der Waals surface area contributed by atoms with E-state index in [0.717, 1.165) is 5.57 Å². The van der Waals surface area contributed by atoms with Gasteiger partial charge in [0.2, 0.25) is 0 Å². The molecule has 1 fully saturated rings. The second kappa shape index (κ2) is 4.63. The zero-order valence-electron chi connectivity index (χ0n) is 10.6. The van der Waals surface area contributed by atoms with Gasteiger partial charge in [0.25, 0.3) is 0 Å². The summed E-state index contributed by atoms with van der Waals surface area (Å²) in [7, 11) is 0. The number of carboxylic acids is 1. The van der Waals surface area contributed by atoms with Crippen LogP contribution < -0.4 is 0 Å². The maximum atomic E-state index is 12.3. The Morgan fingerprint density at radius 2 is 2.10 bits per heavy atom. The van der Waals surface area contributed by atoms with Crippen LogP contribution in [0, 0.1) is 5.41 Å². The molecule has 0 aromatic heterocycles. The predicted molar refractivity (Wildman–Crippen MR) is 74.9 cm³/mol. The zero-order chi connectivity index (χ0) is 15.2. The number of aliphatic imine (C=N–C) groups is 1. The maximum absolute atomic E-state index is 12.3. The Bertz CT molecular complexity index is 715. The lowest BCUT2D eigenvalue weighted by molar-refractivity contribution is -0.135. The Hall–Kier alpha value is -2.28. The van der Waals surface area contributed by atoms with Crippen LogP contribution >= 0.6 is 11.8 Å². The number of fused-ring (bicyclic) bond motifs is 3. The first-order valence-electron chi connectivity index (χ1n) is 6.08. The van der Waals surface area contributed by atoms with E-state index in [2.05, 4.69) is 4.99 Å². The summed E-state index contributed by atoms with van der Waals surface area (Å²) in [6.45, 7) is 0. The van der Waals surface area contributed by atoms with E-state index < -0.39 is 11.4 Å². The molecule has 106 valence electrons. The summed E-state index contributed by atoms with van der Waals surface area (Å²) >= 11 is 1.22. The summed E-state index contributed by atoms with van der Waals surface area (Å²) in [5, 5.41) is 8.96. The number of rotatable bonds is 4. The van der Waals surface area contributed by atoms with E-state index in [0.29, 0.717) is 17.6 Å². The van der Waals surface area contributed by atoms with Crippen LogP contribution in [0.2, 0.25) is 0 Å². The molecule has 1 heterocycles. The molecule has 0 saturated heterocycles. The Labute approximate surface area is 123 Å². The Kier molecular flexibility index (Phi) is 3.02. The first-order chi connectivity index (χ1) is 10.0. The highest BCUT2D eigenvalue weighted by molar-refractivity contribution is 8.15. The number of aldehydes is 2. The van der Waals surface area contributed by atoms with Crippen molar-refractivity contribution in [2.75, 3.05) is 0 Å².